The van der Waals surface area contributed by atoms with Crippen LogP contribution in [-0.4, -0.2) is 15.9 Å². The first-order valence-electron chi connectivity index (χ1n) is 6.43. The summed E-state index contributed by atoms with van der Waals surface area (Å²) in [4.78, 5) is 22.0. The fourth-order valence-electron chi connectivity index (χ4n) is 2.09. The van der Waals surface area contributed by atoms with Gasteiger partial charge in [-0.3, -0.25) is 20.2 Å². The lowest BCUT2D eigenvalue weighted by molar-refractivity contribution is -0.385. The topological polar surface area (TPSA) is 97.4 Å². The molecule has 122 valence electrons. The van der Waals surface area contributed by atoms with Crippen LogP contribution in [0.15, 0.2) is 43.3 Å². The van der Waals surface area contributed by atoms with Crippen LogP contribution in [0, 0.1) is 10.1 Å². The number of rotatable bonds is 3. The Labute approximate surface area is 157 Å². The number of carbonyl (C=O) groups excluding carboxylic acids is 1. The average Bonchev–Trinajstić information content (AvgIpc) is 3.05. The van der Waals surface area contributed by atoms with E-state index in [1.807, 2.05) is 0 Å². The van der Waals surface area contributed by atoms with Crippen molar-refractivity contribution < 1.29 is 14.1 Å². The van der Waals surface area contributed by atoms with E-state index in [-0.39, 0.29) is 22.4 Å². The van der Waals surface area contributed by atoms with Crippen molar-refractivity contribution in [1.29, 1.82) is 0 Å². The molecule has 1 fully saturated rings. The Balaban J connectivity index is 1.97. The van der Waals surface area contributed by atoms with Gasteiger partial charge in [-0.1, -0.05) is 0 Å². The van der Waals surface area contributed by atoms with Crippen molar-refractivity contribution in [2.75, 3.05) is 0 Å². The molecule has 2 heterocycles. The zero-order chi connectivity index (χ0) is 17.4. The van der Waals surface area contributed by atoms with Gasteiger partial charge in [0.2, 0.25) is 0 Å². The van der Waals surface area contributed by atoms with Gasteiger partial charge in [0.05, 0.1) is 4.92 Å². The van der Waals surface area contributed by atoms with E-state index in [0.717, 1.165) is 0 Å². The molecule has 1 amide bonds. The molecule has 1 aliphatic rings. The van der Waals surface area contributed by atoms with Crippen molar-refractivity contribution in [1.82, 2.24) is 10.6 Å². The van der Waals surface area contributed by atoms with Gasteiger partial charge in [-0.15, -0.1) is 0 Å². The lowest BCUT2D eigenvalue weighted by atomic mass is 10.1. The molecule has 1 aromatic heterocycles. The maximum absolute atomic E-state index is 11.6. The molecular formula is C14H7Br2N3O4S. The monoisotopic (exact) mass is 471 g/mol. The standard InChI is InChI=1S/C14H7Br2N3O4S/c15-8-3-6(19(21)22)4-9(16)12(8)11-2-1-7(23-11)5-10-13(20)18-14(24)17-10/h1-5H,(H2,17,18,20,24)/b10-5-. The molecule has 0 bridgehead atoms. The number of nitro benzene ring substituents is 1. The van der Waals surface area contributed by atoms with Crippen LogP contribution in [0.1, 0.15) is 5.76 Å². The Bertz CT molecular complexity index is 899. The van der Waals surface area contributed by atoms with Gasteiger partial charge in [0.25, 0.3) is 11.6 Å². The van der Waals surface area contributed by atoms with Gasteiger partial charge in [-0.2, -0.15) is 0 Å². The molecular weight excluding hydrogens is 466 g/mol. The predicted octanol–water partition coefficient (Wildman–Crippen LogP) is 3.73. The SMILES string of the molecule is O=C1NC(=S)N/C1=C\c1ccc(-c2c(Br)cc([N+](=O)[O-])cc2Br)o1. The number of amides is 1. The molecule has 10 heteroatoms. The Morgan fingerprint density at radius 2 is 1.88 bits per heavy atom. The molecule has 2 N–H and O–H groups in total. The summed E-state index contributed by atoms with van der Waals surface area (Å²) in [7, 11) is 0. The lowest BCUT2D eigenvalue weighted by Crippen LogP contribution is -2.21. The largest absolute Gasteiger partial charge is 0.457 e. The van der Waals surface area contributed by atoms with Crippen LogP contribution >= 0.6 is 44.1 Å². The third-order valence-corrected chi connectivity index (χ3v) is 4.57. The maximum Gasteiger partial charge on any atom is 0.274 e. The summed E-state index contributed by atoms with van der Waals surface area (Å²) in [6, 6.07) is 6.17. The summed E-state index contributed by atoms with van der Waals surface area (Å²) in [5, 5.41) is 16.3. The Morgan fingerprint density at radius 3 is 2.42 bits per heavy atom. The smallest absolute Gasteiger partial charge is 0.274 e. The van der Waals surface area contributed by atoms with Crippen LogP contribution in [-0.2, 0) is 4.79 Å². The minimum atomic E-state index is -0.482. The molecule has 0 saturated carbocycles. The van der Waals surface area contributed by atoms with E-state index in [2.05, 4.69) is 42.5 Å². The Hall–Kier alpha value is -2.04. The van der Waals surface area contributed by atoms with Crippen molar-refractivity contribution in [2.45, 2.75) is 0 Å². The first-order valence-corrected chi connectivity index (χ1v) is 8.42. The van der Waals surface area contributed by atoms with Gasteiger partial charge < -0.3 is 9.73 Å². The highest BCUT2D eigenvalue weighted by atomic mass is 79.9. The van der Waals surface area contributed by atoms with Crippen molar-refractivity contribution >= 4 is 66.9 Å². The Morgan fingerprint density at radius 1 is 1.21 bits per heavy atom. The van der Waals surface area contributed by atoms with E-state index in [9.17, 15) is 14.9 Å². The molecule has 1 saturated heterocycles. The average molecular weight is 473 g/mol. The molecule has 0 spiro atoms. The number of furan rings is 1. The van der Waals surface area contributed by atoms with Crippen molar-refractivity contribution in [3.8, 4) is 11.3 Å². The van der Waals surface area contributed by atoms with E-state index in [0.29, 0.717) is 26.0 Å². The fraction of sp³-hybridized carbons (Fsp3) is 0. The molecule has 0 unspecified atom stereocenters. The van der Waals surface area contributed by atoms with Gasteiger partial charge in [0, 0.05) is 32.7 Å². The summed E-state index contributed by atoms with van der Waals surface area (Å²) in [5.41, 5.74) is 0.860. The van der Waals surface area contributed by atoms with E-state index >= 15 is 0 Å². The van der Waals surface area contributed by atoms with E-state index in [1.165, 1.54) is 18.2 Å². The number of non-ortho nitro benzene ring substituents is 1. The molecule has 0 aliphatic carbocycles. The second-order valence-corrected chi connectivity index (χ2v) is 6.83. The third kappa shape index (κ3) is 3.25. The second-order valence-electron chi connectivity index (χ2n) is 4.71. The number of benzene rings is 1. The van der Waals surface area contributed by atoms with E-state index < -0.39 is 4.92 Å². The lowest BCUT2D eigenvalue weighted by Gasteiger charge is -2.04. The van der Waals surface area contributed by atoms with Crippen LogP contribution in [0.2, 0.25) is 0 Å². The highest BCUT2D eigenvalue weighted by molar-refractivity contribution is 9.11. The van der Waals surface area contributed by atoms with Crippen molar-refractivity contribution in [3.63, 3.8) is 0 Å². The highest BCUT2D eigenvalue weighted by Crippen LogP contribution is 2.39. The highest BCUT2D eigenvalue weighted by Gasteiger charge is 2.21. The predicted molar refractivity (Wildman–Crippen MR) is 98.1 cm³/mol. The van der Waals surface area contributed by atoms with Crippen LogP contribution in [0.4, 0.5) is 5.69 Å². The molecule has 7 nitrogen and oxygen atoms in total. The molecule has 0 radical (unpaired) electrons. The van der Waals surface area contributed by atoms with E-state index in [4.69, 9.17) is 16.6 Å². The molecule has 1 aromatic carbocycles. The maximum atomic E-state index is 11.6. The summed E-state index contributed by atoms with van der Waals surface area (Å²) < 4.78 is 6.73. The zero-order valence-corrected chi connectivity index (χ0v) is 15.6. The quantitative estimate of drug-likeness (QED) is 0.306. The summed E-state index contributed by atoms with van der Waals surface area (Å²) in [5.74, 6) is 0.580. The van der Waals surface area contributed by atoms with Crippen molar-refractivity contribution in [3.05, 3.63) is 54.8 Å². The van der Waals surface area contributed by atoms with Gasteiger partial charge in [-0.25, -0.2) is 0 Å². The van der Waals surface area contributed by atoms with Gasteiger partial charge in [0.1, 0.15) is 17.2 Å². The van der Waals surface area contributed by atoms with Crippen LogP contribution in [0.3, 0.4) is 0 Å². The zero-order valence-electron chi connectivity index (χ0n) is 11.6. The third-order valence-electron chi connectivity index (χ3n) is 3.12. The summed E-state index contributed by atoms with van der Waals surface area (Å²) >= 11 is 11.5. The molecule has 3 rings (SSSR count). The normalized spacial score (nSPS) is 15.5. The van der Waals surface area contributed by atoms with Gasteiger partial charge in [-0.05, 0) is 56.2 Å². The number of carbonyl (C=O) groups is 1. The number of nitrogens with one attached hydrogen (secondary N) is 2. The Kier molecular flexibility index (Phi) is 4.52. The van der Waals surface area contributed by atoms with E-state index in [1.54, 1.807) is 12.1 Å². The number of thiocarbonyl (C=S) groups is 1. The van der Waals surface area contributed by atoms with Crippen LogP contribution in [0.5, 0.6) is 0 Å². The minimum Gasteiger partial charge on any atom is -0.457 e. The first kappa shape index (κ1) is 16.8. The van der Waals surface area contributed by atoms with Gasteiger partial charge >= 0.3 is 0 Å². The summed E-state index contributed by atoms with van der Waals surface area (Å²) in [6.45, 7) is 0. The molecule has 0 atom stereocenters. The minimum absolute atomic E-state index is 0.0493. The summed E-state index contributed by atoms with van der Waals surface area (Å²) in [6.07, 6.45) is 1.52. The van der Waals surface area contributed by atoms with Crippen LogP contribution < -0.4 is 10.6 Å². The first-order chi connectivity index (χ1) is 11.3. The molecule has 24 heavy (non-hydrogen) atoms. The fourth-order valence-corrected chi connectivity index (χ4v) is 3.85. The molecule has 2 aromatic rings. The van der Waals surface area contributed by atoms with Crippen molar-refractivity contribution in [2.24, 2.45) is 0 Å². The second kappa shape index (κ2) is 6.46. The van der Waals surface area contributed by atoms with Crippen LogP contribution in [0.25, 0.3) is 17.4 Å². The number of nitro groups is 1. The number of hydrogen-bond donors (Lipinski definition) is 2. The molecule has 1 aliphatic heterocycles. The number of nitrogens with zero attached hydrogens (tertiary/aromatic N) is 1. The van der Waals surface area contributed by atoms with Gasteiger partial charge in [0.15, 0.2) is 5.11 Å². The number of hydrogen-bond acceptors (Lipinski definition) is 5. The number of halogens is 2.